The number of benzene rings is 2. The maximum atomic E-state index is 12.7. The van der Waals surface area contributed by atoms with Gasteiger partial charge < -0.3 is 10.2 Å². The van der Waals surface area contributed by atoms with Gasteiger partial charge in [-0.15, -0.1) is 0 Å². The Bertz CT molecular complexity index is 813. The zero-order valence-electron chi connectivity index (χ0n) is 15.0. The molecule has 0 bridgehead atoms. The lowest BCUT2D eigenvalue weighted by atomic mass is 10.1. The van der Waals surface area contributed by atoms with Crippen LogP contribution < -0.4 is 10.2 Å². The summed E-state index contributed by atoms with van der Waals surface area (Å²) >= 11 is 0. The zero-order chi connectivity index (χ0) is 18.0. The number of carbonyl (C=O) groups excluding carboxylic acids is 2. The highest BCUT2D eigenvalue weighted by Crippen LogP contribution is 2.29. The first-order chi connectivity index (χ1) is 12.0. The summed E-state index contributed by atoms with van der Waals surface area (Å²) in [5.74, 6) is -0.391. The second-order valence-corrected chi connectivity index (χ2v) is 6.62. The molecule has 1 atom stereocenters. The molecule has 0 radical (unpaired) electrons. The molecule has 1 aliphatic heterocycles. The standard InChI is InChI=1S/C21H24N2O2/c1-4-16-9-5-6-11-19(16)23-13-17(12-20(23)24)21(25)22-18-10-7-8-14(2)15(18)3/h5-11,17H,4,12-13H2,1-3H3,(H,22,25)/t17-/m1/s1. The van der Waals surface area contributed by atoms with E-state index in [1.54, 1.807) is 4.90 Å². The van der Waals surface area contributed by atoms with E-state index in [-0.39, 0.29) is 24.2 Å². The van der Waals surface area contributed by atoms with E-state index in [4.69, 9.17) is 0 Å². The van der Waals surface area contributed by atoms with Gasteiger partial charge in [-0.2, -0.15) is 0 Å². The molecule has 0 aliphatic carbocycles. The third-order valence-electron chi connectivity index (χ3n) is 5.02. The third kappa shape index (κ3) is 3.43. The van der Waals surface area contributed by atoms with Gasteiger partial charge >= 0.3 is 0 Å². The van der Waals surface area contributed by atoms with Crippen molar-refractivity contribution < 1.29 is 9.59 Å². The van der Waals surface area contributed by atoms with Crippen LogP contribution in [0.3, 0.4) is 0 Å². The highest BCUT2D eigenvalue weighted by atomic mass is 16.2. The molecule has 4 nitrogen and oxygen atoms in total. The van der Waals surface area contributed by atoms with Gasteiger partial charge in [-0.05, 0) is 49.1 Å². The topological polar surface area (TPSA) is 49.4 Å². The van der Waals surface area contributed by atoms with Gasteiger partial charge in [0.1, 0.15) is 0 Å². The van der Waals surface area contributed by atoms with E-state index < -0.39 is 0 Å². The van der Waals surface area contributed by atoms with Gasteiger partial charge in [-0.25, -0.2) is 0 Å². The van der Waals surface area contributed by atoms with Gasteiger partial charge in [-0.1, -0.05) is 37.3 Å². The van der Waals surface area contributed by atoms with E-state index in [2.05, 4.69) is 12.2 Å². The minimum Gasteiger partial charge on any atom is -0.326 e. The largest absolute Gasteiger partial charge is 0.326 e. The van der Waals surface area contributed by atoms with Crippen molar-refractivity contribution in [1.82, 2.24) is 0 Å². The summed E-state index contributed by atoms with van der Waals surface area (Å²) in [6.45, 7) is 6.53. The van der Waals surface area contributed by atoms with Gasteiger partial charge in [-0.3, -0.25) is 9.59 Å². The Morgan fingerprint density at radius 1 is 1.16 bits per heavy atom. The lowest BCUT2D eigenvalue weighted by molar-refractivity contribution is -0.122. The Kier molecular flexibility index (Phi) is 4.88. The molecule has 0 aromatic heterocycles. The number of rotatable bonds is 4. The SMILES string of the molecule is CCc1ccccc1N1C[C@H](C(=O)Nc2cccc(C)c2C)CC1=O. The maximum Gasteiger partial charge on any atom is 0.229 e. The predicted molar refractivity (Wildman–Crippen MR) is 101 cm³/mol. The second-order valence-electron chi connectivity index (χ2n) is 6.62. The van der Waals surface area contributed by atoms with E-state index in [0.29, 0.717) is 6.54 Å². The van der Waals surface area contributed by atoms with Crippen LogP contribution >= 0.6 is 0 Å². The molecule has 0 saturated carbocycles. The molecule has 2 aromatic rings. The fourth-order valence-corrected chi connectivity index (χ4v) is 3.31. The molecular formula is C21H24N2O2. The van der Waals surface area contributed by atoms with E-state index in [0.717, 1.165) is 34.5 Å². The zero-order valence-corrected chi connectivity index (χ0v) is 15.0. The van der Waals surface area contributed by atoms with Crippen LogP contribution in [0.5, 0.6) is 0 Å². The summed E-state index contributed by atoms with van der Waals surface area (Å²) in [6, 6.07) is 13.8. The number of nitrogens with zero attached hydrogens (tertiary/aromatic N) is 1. The van der Waals surface area contributed by atoms with Crippen LogP contribution in [-0.2, 0) is 16.0 Å². The monoisotopic (exact) mass is 336 g/mol. The smallest absolute Gasteiger partial charge is 0.229 e. The summed E-state index contributed by atoms with van der Waals surface area (Å²) in [7, 11) is 0. The Labute approximate surface area is 148 Å². The van der Waals surface area contributed by atoms with Crippen molar-refractivity contribution >= 4 is 23.2 Å². The Hall–Kier alpha value is -2.62. The Balaban J connectivity index is 1.76. The first-order valence-corrected chi connectivity index (χ1v) is 8.76. The van der Waals surface area contributed by atoms with Crippen LogP contribution in [-0.4, -0.2) is 18.4 Å². The lowest BCUT2D eigenvalue weighted by Crippen LogP contribution is -2.29. The fraction of sp³-hybridized carbons (Fsp3) is 0.333. The van der Waals surface area contributed by atoms with Crippen LogP contribution in [0.25, 0.3) is 0 Å². The highest BCUT2D eigenvalue weighted by molar-refractivity contribution is 6.04. The quantitative estimate of drug-likeness (QED) is 0.922. The Morgan fingerprint density at radius 3 is 2.68 bits per heavy atom. The van der Waals surface area contributed by atoms with Crippen molar-refractivity contribution in [2.24, 2.45) is 5.92 Å². The molecule has 1 heterocycles. The minimum atomic E-state index is -0.322. The van der Waals surface area contributed by atoms with Crippen molar-refractivity contribution in [2.45, 2.75) is 33.6 Å². The third-order valence-corrected chi connectivity index (χ3v) is 5.02. The van der Waals surface area contributed by atoms with Crippen LogP contribution in [0.15, 0.2) is 42.5 Å². The van der Waals surface area contributed by atoms with E-state index in [1.807, 2.05) is 56.3 Å². The first-order valence-electron chi connectivity index (χ1n) is 8.76. The molecule has 1 N–H and O–H groups in total. The number of hydrogen-bond acceptors (Lipinski definition) is 2. The number of amides is 2. The molecule has 2 aromatic carbocycles. The minimum absolute atomic E-state index is 0.0158. The van der Waals surface area contributed by atoms with Crippen LogP contribution in [0, 0.1) is 19.8 Å². The molecule has 0 spiro atoms. The number of para-hydroxylation sites is 1. The normalized spacial score (nSPS) is 17.0. The second kappa shape index (κ2) is 7.09. The molecule has 25 heavy (non-hydrogen) atoms. The summed E-state index contributed by atoms with van der Waals surface area (Å²) in [6.07, 6.45) is 1.12. The number of carbonyl (C=O) groups is 2. The molecule has 130 valence electrons. The molecule has 2 amide bonds. The lowest BCUT2D eigenvalue weighted by Gasteiger charge is -2.20. The Morgan fingerprint density at radius 2 is 1.92 bits per heavy atom. The van der Waals surface area contributed by atoms with E-state index in [1.165, 1.54) is 0 Å². The van der Waals surface area contributed by atoms with Crippen molar-refractivity contribution in [3.63, 3.8) is 0 Å². The number of hydrogen-bond donors (Lipinski definition) is 1. The average molecular weight is 336 g/mol. The molecule has 3 rings (SSSR count). The van der Waals surface area contributed by atoms with Crippen molar-refractivity contribution in [1.29, 1.82) is 0 Å². The summed E-state index contributed by atoms with van der Waals surface area (Å²) in [4.78, 5) is 26.9. The van der Waals surface area contributed by atoms with Gasteiger partial charge in [0.05, 0.1) is 5.92 Å². The summed E-state index contributed by atoms with van der Waals surface area (Å²) < 4.78 is 0. The summed E-state index contributed by atoms with van der Waals surface area (Å²) in [5, 5.41) is 3.00. The van der Waals surface area contributed by atoms with E-state index in [9.17, 15) is 9.59 Å². The predicted octanol–water partition coefficient (Wildman–Crippen LogP) is 3.86. The number of anilines is 2. The van der Waals surface area contributed by atoms with Gasteiger partial charge in [0.25, 0.3) is 0 Å². The average Bonchev–Trinajstić information content (AvgIpc) is 3.00. The van der Waals surface area contributed by atoms with Crippen LogP contribution in [0.2, 0.25) is 0 Å². The van der Waals surface area contributed by atoms with Gasteiger partial charge in [0.15, 0.2) is 0 Å². The van der Waals surface area contributed by atoms with Crippen LogP contribution in [0.1, 0.15) is 30.0 Å². The fourth-order valence-electron chi connectivity index (χ4n) is 3.31. The number of nitrogens with one attached hydrogen (secondary N) is 1. The highest BCUT2D eigenvalue weighted by Gasteiger charge is 2.35. The van der Waals surface area contributed by atoms with Gasteiger partial charge in [0.2, 0.25) is 11.8 Å². The molecule has 1 fully saturated rings. The van der Waals surface area contributed by atoms with Crippen LogP contribution in [0.4, 0.5) is 11.4 Å². The van der Waals surface area contributed by atoms with Gasteiger partial charge in [0, 0.05) is 24.3 Å². The molecule has 1 aliphatic rings. The van der Waals surface area contributed by atoms with Crippen molar-refractivity contribution in [3.05, 3.63) is 59.2 Å². The molecule has 0 unspecified atom stereocenters. The molecular weight excluding hydrogens is 312 g/mol. The first kappa shape index (κ1) is 17.2. The summed E-state index contributed by atoms with van der Waals surface area (Å²) in [5.41, 5.74) is 5.08. The molecule has 1 saturated heterocycles. The number of aryl methyl sites for hydroxylation is 2. The van der Waals surface area contributed by atoms with E-state index >= 15 is 0 Å². The van der Waals surface area contributed by atoms with Crippen molar-refractivity contribution in [2.75, 3.05) is 16.8 Å². The molecule has 4 heteroatoms. The maximum absolute atomic E-state index is 12.7. The van der Waals surface area contributed by atoms with Crippen molar-refractivity contribution in [3.8, 4) is 0 Å².